The SMILES string of the molecule is CC1(C)OCC([C@H]2O[C@@H]3OC(C)(C)O[C@H]3C2O)O1.CC1(C)OCC([C@H]2O[C@@H]3OC(C)(C)O[C@H]3C2OS(=O)(=O)C(F)(F)F)O1. The molecule has 0 radical (unpaired) electrons. The molecule has 6 aliphatic heterocycles. The Balaban J connectivity index is 0.000000180. The normalized spacial score (nSPS) is 44.2. The summed E-state index contributed by atoms with van der Waals surface area (Å²) in [6.45, 7) is 13.9. The van der Waals surface area contributed by atoms with Crippen LogP contribution in [0.15, 0.2) is 0 Å². The topological polar surface area (TPSA) is 156 Å². The molecule has 1 N–H and O–H groups in total. The highest BCUT2D eigenvalue weighted by molar-refractivity contribution is 7.87. The minimum Gasteiger partial charge on any atom is -0.387 e. The predicted octanol–water partition coefficient (Wildman–Crippen LogP) is 1.62. The van der Waals surface area contributed by atoms with Crippen molar-refractivity contribution in [3.8, 4) is 0 Å². The summed E-state index contributed by atoms with van der Waals surface area (Å²) >= 11 is 0. The van der Waals surface area contributed by atoms with E-state index in [1.54, 1.807) is 27.7 Å². The summed E-state index contributed by atoms with van der Waals surface area (Å²) in [7, 11) is -5.86. The highest BCUT2D eigenvalue weighted by Gasteiger charge is 2.62. The molecule has 14 nitrogen and oxygen atoms in total. The molecule has 250 valence electrons. The number of hydrogen-bond acceptors (Lipinski definition) is 14. The van der Waals surface area contributed by atoms with Gasteiger partial charge >= 0.3 is 15.6 Å². The number of hydrogen-bond donors (Lipinski definition) is 1. The third-order valence-corrected chi connectivity index (χ3v) is 8.44. The molecule has 0 aromatic heterocycles. The largest absolute Gasteiger partial charge is 0.523 e. The second kappa shape index (κ2) is 10.9. The lowest BCUT2D eigenvalue weighted by Crippen LogP contribution is -2.46. The smallest absolute Gasteiger partial charge is 0.387 e. The molecule has 0 amide bonds. The minimum absolute atomic E-state index is 0.00751. The average Bonchev–Trinajstić information content (AvgIpc) is 3.63. The van der Waals surface area contributed by atoms with Crippen molar-refractivity contribution >= 4 is 10.1 Å². The van der Waals surface area contributed by atoms with Gasteiger partial charge in [0.15, 0.2) is 35.7 Å². The molecule has 6 saturated heterocycles. The lowest BCUT2D eigenvalue weighted by molar-refractivity contribution is -0.232. The zero-order valence-electron chi connectivity index (χ0n) is 25.0. The molecule has 0 saturated carbocycles. The van der Waals surface area contributed by atoms with Crippen LogP contribution in [0.25, 0.3) is 0 Å². The third-order valence-electron chi connectivity index (χ3n) is 7.39. The van der Waals surface area contributed by atoms with Gasteiger partial charge in [-0.25, -0.2) is 0 Å². The van der Waals surface area contributed by atoms with Gasteiger partial charge in [0, 0.05) is 0 Å². The van der Waals surface area contributed by atoms with Gasteiger partial charge in [-0.15, -0.1) is 0 Å². The Hall–Kier alpha value is -0.740. The number of aliphatic hydroxyl groups is 1. The quantitative estimate of drug-likeness (QED) is 0.345. The Morgan fingerprint density at radius 1 is 0.651 bits per heavy atom. The molecule has 18 heteroatoms. The monoisotopic (exact) mass is 652 g/mol. The first-order valence-electron chi connectivity index (χ1n) is 13.8. The number of rotatable bonds is 4. The third kappa shape index (κ3) is 7.01. The second-order valence-electron chi connectivity index (χ2n) is 12.8. The fourth-order valence-corrected chi connectivity index (χ4v) is 6.31. The standard InChI is InChI=1S/C13H19F3O8S.C12H20O6/c1-11(2)19-5-6(21-11)7-8(24-25(17,18)13(14,15)16)9-10(20-7)23-12(3,4)22-9;1-11(2)14-5-6(16-11)8-7(13)9-10(15-8)18-12(3,4)17-9/h6-10H,5H2,1-4H3;6-10,13H,5H2,1-4H3/t6?,7-,8?,9+,10-;6?,7?,8-,9+,10-/m11/s1. The summed E-state index contributed by atoms with van der Waals surface area (Å²) in [5.41, 5.74) is -5.57. The van der Waals surface area contributed by atoms with Crippen molar-refractivity contribution in [2.75, 3.05) is 13.2 Å². The van der Waals surface area contributed by atoms with Gasteiger partial charge in [0.2, 0.25) is 0 Å². The van der Waals surface area contributed by atoms with Crippen molar-refractivity contribution in [2.24, 2.45) is 0 Å². The predicted molar refractivity (Wildman–Crippen MR) is 133 cm³/mol. The van der Waals surface area contributed by atoms with E-state index >= 15 is 0 Å². The molecule has 6 rings (SSSR count). The number of alkyl halides is 3. The molecule has 4 unspecified atom stereocenters. The van der Waals surface area contributed by atoms with Crippen LogP contribution in [0.1, 0.15) is 55.4 Å². The lowest BCUT2D eigenvalue weighted by Gasteiger charge is -2.28. The van der Waals surface area contributed by atoms with Gasteiger partial charge in [-0.05, 0) is 55.4 Å². The molecule has 6 aliphatic rings. The van der Waals surface area contributed by atoms with E-state index in [1.807, 2.05) is 13.8 Å². The maximum atomic E-state index is 12.7. The maximum absolute atomic E-state index is 12.7. The fourth-order valence-electron chi connectivity index (χ4n) is 5.69. The van der Waals surface area contributed by atoms with Crippen LogP contribution in [-0.2, 0) is 61.7 Å². The molecular formula is C25H39F3O14S. The van der Waals surface area contributed by atoms with E-state index < -0.39 is 94.1 Å². The van der Waals surface area contributed by atoms with Crippen molar-refractivity contribution in [2.45, 2.75) is 145 Å². The van der Waals surface area contributed by atoms with Crippen LogP contribution in [0, 0.1) is 0 Å². The van der Waals surface area contributed by atoms with Crippen molar-refractivity contribution in [1.29, 1.82) is 0 Å². The Labute approximate surface area is 247 Å². The van der Waals surface area contributed by atoms with E-state index in [1.165, 1.54) is 13.8 Å². The van der Waals surface area contributed by atoms with E-state index in [0.717, 1.165) is 0 Å². The fraction of sp³-hybridized carbons (Fsp3) is 1.00. The average molecular weight is 653 g/mol. The zero-order chi connectivity index (χ0) is 32.0. The van der Waals surface area contributed by atoms with E-state index in [9.17, 15) is 26.7 Å². The Bertz CT molecular complexity index is 1140. The van der Waals surface area contributed by atoms with E-state index in [-0.39, 0.29) is 12.7 Å². The number of fused-ring (bicyclic) bond motifs is 2. The molecule has 0 aromatic carbocycles. The van der Waals surface area contributed by atoms with Crippen LogP contribution >= 0.6 is 0 Å². The minimum atomic E-state index is -5.86. The van der Waals surface area contributed by atoms with Crippen LogP contribution in [-0.4, -0.2) is 117 Å². The first-order valence-corrected chi connectivity index (χ1v) is 15.2. The summed E-state index contributed by atoms with van der Waals surface area (Å²) in [5, 5.41) is 10.3. The molecule has 43 heavy (non-hydrogen) atoms. The lowest BCUT2D eigenvalue weighted by atomic mass is 10.1. The van der Waals surface area contributed by atoms with Gasteiger partial charge in [-0.2, -0.15) is 21.6 Å². The van der Waals surface area contributed by atoms with Crippen LogP contribution in [0.3, 0.4) is 0 Å². The molecule has 0 aliphatic carbocycles. The number of halogens is 3. The summed E-state index contributed by atoms with van der Waals surface area (Å²) in [6, 6.07) is 0. The van der Waals surface area contributed by atoms with Gasteiger partial charge in [0.25, 0.3) is 0 Å². The van der Waals surface area contributed by atoms with Crippen LogP contribution < -0.4 is 0 Å². The van der Waals surface area contributed by atoms with Gasteiger partial charge in [-0.3, -0.25) is 4.18 Å². The molecule has 10 atom stereocenters. The molecule has 0 aromatic rings. The van der Waals surface area contributed by atoms with Crippen molar-refractivity contribution in [1.82, 2.24) is 0 Å². The van der Waals surface area contributed by atoms with Crippen LogP contribution in [0.2, 0.25) is 0 Å². The summed E-state index contributed by atoms with van der Waals surface area (Å²) in [4.78, 5) is 0. The Kier molecular flexibility index (Phi) is 8.54. The Morgan fingerprint density at radius 3 is 1.53 bits per heavy atom. The molecule has 0 spiro atoms. The van der Waals surface area contributed by atoms with Crippen molar-refractivity contribution < 1.29 is 78.2 Å². The van der Waals surface area contributed by atoms with E-state index in [2.05, 4.69) is 4.18 Å². The van der Waals surface area contributed by atoms with Crippen molar-refractivity contribution in [3.05, 3.63) is 0 Å². The van der Waals surface area contributed by atoms with Crippen LogP contribution in [0.4, 0.5) is 13.2 Å². The first kappa shape index (κ1) is 33.6. The molecule has 6 heterocycles. The van der Waals surface area contributed by atoms with Gasteiger partial charge < -0.3 is 52.5 Å². The van der Waals surface area contributed by atoms with E-state index in [4.69, 9.17) is 47.4 Å². The highest BCUT2D eigenvalue weighted by atomic mass is 32.2. The summed E-state index contributed by atoms with van der Waals surface area (Å²) in [5.74, 6) is -3.49. The zero-order valence-corrected chi connectivity index (χ0v) is 25.8. The molecule has 0 bridgehead atoms. The molecule has 6 fully saturated rings. The van der Waals surface area contributed by atoms with Gasteiger partial charge in [0.05, 0.1) is 13.2 Å². The van der Waals surface area contributed by atoms with Crippen molar-refractivity contribution in [3.63, 3.8) is 0 Å². The first-order chi connectivity index (χ1) is 19.5. The second-order valence-corrected chi connectivity index (χ2v) is 14.4. The van der Waals surface area contributed by atoms with Gasteiger partial charge in [-0.1, -0.05) is 0 Å². The van der Waals surface area contributed by atoms with Crippen LogP contribution in [0.5, 0.6) is 0 Å². The Morgan fingerprint density at radius 2 is 1.09 bits per heavy atom. The van der Waals surface area contributed by atoms with E-state index in [0.29, 0.717) is 6.61 Å². The maximum Gasteiger partial charge on any atom is 0.523 e. The highest BCUT2D eigenvalue weighted by Crippen LogP contribution is 2.44. The number of aliphatic hydroxyl groups excluding tert-OH is 1. The summed E-state index contributed by atoms with van der Waals surface area (Å²) < 4.78 is 121. The molecular weight excluding hydrogens is 613 g/mol. The summed E-state index contributed by atoms with van der Waals surface area (Å²) in [6.07, 6.45) is -8.39. The van der Waals surface area contributed by atoms with Gasteiger partial charge in [0.1, 0.15) is 48.8 Å². The number of ether oxygens (including phenoxy) is 10.